The summed E-state index contributed by atoms with van der Waals surface area (Å²) in [7, 11) is 1.40. The van der Waals surface area contributed by atoms with Crippen LogP contribution in [-0.4, -0.2) is 40.8 Å². The van der Waals surface area contributed by atoms with Gasteiger partial charge in [0, 0.05) is 13.1 Å². The zero-order valence-corrected chi connectivity index (χ0v) is 14.1. The number of aromatic nitrogens is 2. The summed E-state index contributed by atoms with van der Waals surface area (Å²) in [5, 5.41) is 4.21. The first-order valence-electron chi connectivity index (χ1n) is 8.34. The Morgan fingerprint density at radius 1 is 1.12 bits per heavy atom. The van der Waals surface area contributed by atoms with Crippen LogP contribution in [0.2, 0.25) is 0 Å². The molecule has 0 spiro atoms. The van der Waals surface area contributed by atoms with E-state index in [1.165, 1.54) is 37.4 Å². The van der Waals surface area contributed by atoms with E-state index in [9.17, 15) is 14.0 Å². The molecule has 1 aliphatic rings. The summed E-state index contributed by atoms with van der Waals surface area (Å²) < 4.78 is 19.4. The Morgan fingerprint density at radius 2 is 1.76 bits per heavy atom. The Morgan fingerprint density at radius 3 is 2.36 bits per heavy atom. The van der Waals surface area contributed by atoms with Gasteiger partial charge >= 0.3 is 0 Å². The van der Waals surface area contributed by atoms with Crippen molar-refractivity contribution >= 4 is 5.91 Å². The standard InChI is InChI=1S/C18H20FN3O3/c1-25-15-12-16(23)22(14-8-6-13(19)7-9-14)20-17(15)18(24)21-10-4-2-3-5-11-21/h6-9,12H,2-5,10-11H2,1H3. The fraction of sp³-hybridized carbons (Fsp3) is 0.389. The molecule has 7 heteroatoms. The normalized spacial score (nSPS) is 14.9. The second kappa shape index (κ2) is 7.46. The summed E-state index contributed by atoms with van der Waals surface area (Å²) in [6, 6.07) is 6.60. The predicted octanol–water partition coefficient (Wildman–Crippen LogP) is 2.40. The van der Waals surface area contributed by atoms with Gasteiger partial charge in [0.25, 0.3) is 11.5 Å². The molecule has 6 nitrogen and oxygen atoms in total. The summed E-state index contributed by atoms with van der Waals surface area (Å²) >= 11 is 0. The molecule has 0 atom stereocenters. The van der Waals surface area contributed by atoms with E-state index in [0.717, 1.165) is 30.4 Å². The number of halogens is 1. The lowest BCUT2D eigenvalue weighted by Gasteiger charge is -2.21. The van der Waals surface area contributed by atoms with Crippen molar-refractivity contribution in [3.8, 4) is 11.4 Å². The lowest BCUT2D eigenvalue weighted by molar-refractivity contribution is 0.0749. The van der Waals surface area contributed by atoms with Gasteiger partial charge in [0.1, 0.15) is 5.82 Å². The minimum Gasteiger partial charge on any atom is -0.494 e. The van der Waals surface area contributed by atoms with Crippen LogP contribution in [0.4, 0.5) is 4.39 Å². The zero-order chi connectivity index (χ0) is 17.8. The highest BCUT2D eigenvalue weighted by Gasteiger charge is 2.24. The van der Waals surface area contributed by atoms with E-state index >= 15 is 0 Å². The number of rotatable bonds is 3. The van der Waals surface area contributed by atoms with Crippen molar-refractivity contribution in [2.24, 2.45) is 0 Å². The third-order valence-corrected chi connectivity index (χ3v) is 4.28. The second-order valence-electron chi connectivity index (χ2n) is 5.99. The Labute approximate surface area is 144 Å². The van der Waals surface area contributed by atoms with Crippen molar-refractivity contribution in [2.45, 2.75) is 25.7 Å². The van der Waals surface area contributed by atoms with Gasteiger partial charge in [0.05, 0.1) is 18.9 Å². The molecular weight excluding hydrogens is 325 g/mol. The summed E-state index contributed by atoms with van der Waals surface area (Å²) in [4.78, 5) is 26.9. The Kier molecular flexibility index (Phi) is 5.11. The van der Waals surface area contributed by atoms with Gasteiger partial charge in [-0.25, -0.2) is 4.39 Å². The van der Waals surface area contributed by atoms with E-state index in [1.54, 1.807) is 4.90 Å². The molecule has 0 bridgehead atoms. The van der Waals surface area contributed by atoms with Crippen LogP contribution in [-0.2, 0) is 0 Å². The van der Waals surface area contributed by atoms with Crippen molar-refractivity contribution in [2.75, 3.05) is 20.2 Å². The van der Waals surface area contributed by atoms with Crippen LogP contribution in [0, 0.1) is 5.82 Å². The molecule has 0 radical (unpaired) electrons. The van der Waals surface area contributed by atoms with E-state index in [2.05, 4.69) is 5.10 Å². The smallest absolute Gasteiger partial charge is 0.278 e. The van der Waals surface area contributed by atoms with Gasteiger partial charge in [-0.3, -0.25) is 9.59 Å². The lowest BCUT2D eigenvalue weighted by atomic mass is 10.2. The quantitative estimate of drug-likeness (QED) is 0.857. The number of carbonyl (C=O) groups is 1. The predicted molar refractivity (Wildman–Crippen MR) is 90.7 cm³/mol. The molecule has 3 rings (SSSR count). The first-order valence-corrected chi connectivity index (χ1v) is 8.34. The van der Waals surface area contributed by atoms with Gasteiger partial charge in [-0.05, 0) is 37.1 Å². The molecule has 1 aromatic carbocycles. The molecule has 1 fully saturated rings. The number of hydrogen-bond donors (Lipinski definition) is 0. The fourth-order valence-corrected chi connectivity index (χ4v) is 2.93. The lowest BCUT2D eigenvalue weighted by Crippen LogP contribution is -2.34. The number of methoxy groups -OCH3 is 1. The number of amides is 1. The van der Waals surface area contributed by atoms with Gasteiger partial charge < -0.3 is 9.64 Å². The molecule has 132 valence electrons. The van der Waals surface area contributed by atoms with Crippen LogP contribution >= 0.6 is 0 Å². The van der Waals surface area contributed by atoms with Crippen molar-refractivity contribution in [3.63, 3.8) is 0 Å². The molecule has 2 aromatic rings. The number of carbonyl (C=O) groups excluding carboxylic acids is 1. The molecule has 1 aromatic heterocycles. The highest BCUT2D eigenvalue weighted by Crippen LogP contribution is 2.19. The van der Waals surface area contributed by atoms with Crippen LogP contribution in [0.25, 0.3) is 5.69 Å². The molecule has 0 aliphatic carbocycles. The zero-order valence-electron chi connectivity index (χ0n) is 14.1. The average Bonchev–Trinajstić information content (AvgIpc) is 2.91. The van der Waals surface area contributed by atoms with Crippen molar-refractivity contribution in [1.82, 2.24) is 14.7 Å². The second-order valence-corrected chi connectivity index (χ2v) is 5.99. The van der Waals surface area contributed by atoms with Crippen molar-refractivity contribution in [3.05, 3.63) is 52.2 Å². The topological polar surface area (TPSA) is 64.4 Å². The Balaban J connectivity index is 2.02. The SMILES string of the molecule is COc1cc(=O)n(-c2ccc(F)cc2)nc1C(=O)N1CCCCCC1. The van der Waals surface area contributed by atoms with Crippen LogP contribution in [0.3, 0.4) is 0 Å². The van der Waals surface area contributed by atoms with Crippen LogP contribution in [0.5, 0.6) is 5.75 Å². The van der Waals surface area contributed by atoms with Gasteiger partial charge in [-0.2, -0.15) is 9.78 Å². The van der Waals surface area contributed by atoms with Gasteiger partial charge in [0.15, 0.2) is 11.4 Å². The number of benzene rings is 1. The maximum absolute atomic E-state index is 13.1. The number of hydrogen-bond acceptors (Lipinski definition) is 4. The molecule has 1 amide bonds. The summed E-state index contributed by atoms with van der Waals surface area (Å²) in [5.74, 6) is -0.515. The van der Waals surface area contributed by atoms with E-state index < -0.39 is 11.4 Å². The molecular formula is C18H20FN3O3. The van der Waals surface area contributed by atoms with Gasteiger partial charge in [0.2, 0.25) is 0 Å². The van der Waals surface area contributed by atoms with Gasteiger partial charge in [-0.1, -0.05) is 12.8 Å². The summed E-state index contributed by atoms with van der Waals surface area (Å²) in [6.07, 6.45) is 4.10. The van der Waals surface area contributed by atoms with Crippen LogP contribution in [0.15, 0.2) is 35.1 Å². The van der Waals surface area contributed by atoms with E-state index in [-0.39, 0.29) is 17.4 Å². The molecule has 25 heavy (non-hydrogen) atoms. The van der Waals surface area contributed by atoms with E-state index in [4.69, 9.17) is 4.74 Å². The van der Waals surface area contributed by atoms with E-state index in [1.807, 2.05) is 0 Å². The fourth-order valence-electron chi connectivity index (χ4n) is 2.93. The van der Waals surface area contributed by atoms with Crippen LogP contribution in [0.1, 0.15) is 36.2 Å². The molecule has 1 saturated heterocycles. The minimum absolute atomic E-state index is 0.0910. The summed E-state index contributed by atoms with van der Waals surface area (Å²) in [5.41, 5.74) is 0.0307. The first kappa shape index (κ1) is 17.1. The molecule has 0 N–H and O–H groups in total. The number of nitrogens with zero attached hydrogens (tertiary/aromatic N) is 3. The van der Waals surface area contributed by atoms with Crippen molar-refractivity contribution in [1.29, 1.82) is 0 Å². The Hall–Kier alpha value is -2.70. The largest absolute Gasteiger partial charge is 0.494 e. The van der Waals surface area contributed by atoms with Gasteiger partial charge in [-0.15, -0.1) is 0 Å². The highest BCUT2D eigenvalue weighted by atomic mass is 19.1. The monoisotopic (exact) mass is 345 g/mol. The van der Waals surface area contributed by atoms with Crippen molar-refractivity contribution < 1.29 is 13.9 Å². The highest BCUT2D eigenvalue weighted by molar-refractivity contribution is 5.94. The third-order valence-electron chi connectivity index (χ3n) is 4.28. The average molecular weight is 345 g/mol. The van der Waals surface area contributed by atoms with E-state index in [0.29, 0.717) is 18.8 Å². The first-order chi connectivity index (χ1) is 12.1. The van der Waals surface area contributed by atoms with Crippen LogP contribution < -0.4 is 10.3 Å². The Bertz CT molecular complexity index is 809. The number of likely N-dealkylation sites (tertiary alicyclic amines) is 1. The number of ether oxygens (including phenoxy) is 1. The summed E-state index contributed by atoms with van der Waals surface area (Å²) in [6.45, 7) is 1.33. The maximum atomic E-state index is 13.1. The molecule has 2 heterocycles. The third kappa shape index (κ3) is 3.70. The molecule has 0 unspecified atom stereocenters. The molecule has 0 saturated carbocycles. The minimum atomic E-state index is -0.448. The maximum Gasteiger partial charge on any atom is 0.278 e. The molecule has 1 aliphatic heterocycles.